The highest BCUT2D eigenvalue weighted by molar-refractivity contribution is 5.92. The van der Waals surface area contributed by atoms with Gasteiger partial charge in [-0.1, -0.05) is 6.92 Å². The monoisotopic (exact) mass is 234 g/mol. The van der Waals surface area contributed by atoms with E-state index in [1.807, 2.05) is 7.05 Å². The van der Waals surface area contributed by atoms with Crippen LogP contribution >= 0.6 is 0 Å². The molecular formula is C12H18N4O. The molecule has 0 saturated heterocycles. The highest BCUT2D eigenvalue weighted by atomic mass is 16.2. The molecule has 5 heteroatoms. The average molecular weight is 234 g/mol. The quantitative estimate of drug-likeness (QED) is 0.604. The van der Waals surface area contributed by atoms with Crippen LogP contribution < -0.4 is 11.3 Å². The van der Waals surface area contributed by atoms with Crippen molar-refractivity contribution in [2.75, 3.05) is 19.0 Å². The standard InChI is InChI=1S/C12H18N4O/c1-8-5-9(8)7-16(2)12(17)11-6-10(15-13)3-4-14-11/h3-4,6,8-9H,5,7,13H2,1-2H3,(H,14,15). The number of pyridine rings is 1. The molecule has 1 saturated carbocycles. The van der Waals surface area contributed by atoms with Gasteiger partial charge in [-0.05, 0) is 30.4 Å². The van der Waals surface area contributed by atoms with Crippen LogP contribution in [0.4, 0.5) is 5.69 Å². The number of hydrogen-bond donors (Lipinski definition) is 2. The summed E-state index contributed by atoms with van der Waals surface area (Å²) in [6, 6.07) is 3.38. The maximum atomic E-state index is 12.1. The van der Waals surface area contributed by atoms with Crippen molar-refractivity contribution in [2.45, 2.75) is 13.3 Å². The lowest BCUT2D eigenvalue weighted by molar-refractivity contribution is 0.0781. The first kappa shape index (κ1) is 11.9. The first-order chi connectivity index (χ1) is 8.11. The highest BCUT2D eigenvalue weighted by Crippen LogP contribution is 2.38. The zero-order valence-electron chi connectivity index (χ0n) is 10.2. The van der Waals surface area contributed by atoms with Crippen LogP contribution in [-0.2, 0) is 0 Å². The predicted molar refractivity (Wildman–Crippen MR) is 66.3 cm³/mol. The average Bonchev–Trinajstić information content (AvgIpc) is 3.04. The molecule has 1 amide bonds. The third-order valence-corrected chi connectivity index (χ3v) is 3.28. The zero-order valence-corrected chi connectivity index (χ0v) is 10.2. The van der Waals surface area contributed by atoms with Crippen LogP contribution in [-0.4, -0.2) is 29.4 Å². The molecule has 1 aliphatic rings. The van der Waals surface area contributed by atoms with E-state index in [9.17, 15) is 4.79 Å². The van der Waals surface area contributed by atoms with E-state index in [1.54, 1.807) is 23.2 Å². The van der Waals surface area contributed by atoms with E-state index in [1.165, 1.54) is 6.42 Å². The molecule has 1 aromatic heterocycles. The van der Waals surface area contributed by atoms with Gasteiger partial charge in [0.05, 0.1) is 5.69 Å². The lowest BCUT2D eigenvalue weighted by Gasteiger charge is -2.16. The number of nitrogens with one attached hydrogen (secondary N) is 1. The Morgan fingerprint density at radius 2 is 2.41 bits per heavy atom. The molecule has 5 nitrogen and oxygen atoms in total. The van der Waals surface area contributed by atoms with Gasteiger partial charge in [0.25, 0.3) is 5.91 Å². The van der Waals surface area contributed by atoms with Gasteiger partial charge in [0, 0.05) is 19.8 Å². The fourth-order valence-corrected chi connectivity index (χ4v) is 1.92. The largest absolute Gasteiger partial charge is 0.340 e. The Balaban J connectivity index is 2.02. The summed E-state index contributed by atoms with van der Waals surface area (Å²) in [5.74, 6) is 6.64. The molecule has 3 N–H and O–H groups in total. The number of carbonyl (C=O) groups excluding carboxylic acids is 1. The van der Waals surface area contributed by atoms with E-state index in [0.29, 0.717) is 17.3 Å². The maximum Gasteiger partial charge on any atom is 0.272 e. The molecule has 2 atom stereocenters. The fourth-order valence-electron chi connectivity index (χ4n) is 1.92. The molecule has 2 unspecified atom stereocenters. The Kier molecular flexibility index (Phi) is 3.28. The summed E-state index contributed by atoms with van der Waals surface area (Å²) >= 11 is 0. The molecule has 1 fully saturated rings. The second-order valence-corrected chi connectivity index (χ2v) is 4.73. The number of nitrogens with two attached hydrogens (primary N) is 1. The first-order valence-corrected chi connectivity index (χ1v) is 5.80. The van der Waals surface area contributed by atoms with Crippen molar-refractivity contribution in [1.82, 2.24) is 9.88 Å². The lowest BCUT2D eigenvalue weighted by atomic mass is 10.2. The third-order valence-electron chi connectivity index (χ3n) is 3.28. The van der Waals surface area contributed by atoms with Gasteiger partial charge in [-0.25, -0.2) is 0 Å². The van der Waals surface area contributed by atoms with Gasteiger partial charge >= 0.3 is 0 Å². The summed E-state index contributed by atoms with van der Waals surface area (Å²) in [4.78, 5) is 17.9. The van der Waals surface area contributed by atoms with Crippen molar-refractivity contribution in [2.24, 2.45) is 17.7 Å². The van der Waals surface area contributed by atoms with Crippen LogP contribution in [0.25, 0.3) is 0 Å². The van der Waals surface area contributed by atoms with Gasteiger partial charge < -0.3 is 10.3 Å². The fraction of sp³-hybridized carbons (Fsp3) is 0.500. The number of rotatable bonds is 4. The molecule has 1 aliphatic carbocycles. The molecule has 92 valence electrons. The van der Waals surface area contributed by atoms with Crippen molar-refractivity contribution in [1.29, 1.82) is 0 Å². The number of aromatic nitrogens is 1. The van der Waals surface area contributed by atoms with E-state index >= 15 is 0 Å². The van der Waals surface area contributed by atoms with E-state index in [0.717, 1.165) is 12.5 Å². The Morgan fingerprint density at radius 3 is 3.00 bits per heavy atom. The molecule has 0 bridgehead atoms. The summed E-state index contributed by atoms with van der Waals surface area (Å²) in [5.41, 5.74) is 3.63. The highest BCUT2D eigenvalue weighted by Gasteiger charge is 2.34. The van der Waals surface area contributed by atoms with Crippen LogP contribution in [0.5, 0.6) is 0 Å². The molecule has 1 heterocycles. The van der Waals surface area contributed by atoms with E-state index in [-0.39, 0.29) is 5.91 Å². The van der Waals surface area contributed by atoms with Crippen molar-refractivity contribution in [3.05, 3.63) is 24.0 Å². The molecule has 0 radical (unpaired) electrons. The summed E-state index contributed by atoms with van der Waals surface area (Å²) in [5, 5.41) is 0. The Morgan fingerprint density at radius 1 is 1.71 bits per heavy atom. The summed E-state index contributed by atoms with van der Waals surface area (Å²) < 4.78 is 0. The molecule has 17 heavy (non-hydrogen) atoms. The molecule has 0 aromatic carbocycles. The van der Waals surface area contributed by atoms with Crippen LogP contribution in [0, 0.1) is 11.8 Å². The molecule has 2 rings (SSSR count). The Bertz CT molecular complexity index is 421. The summed E-state index contributed by atoms with van der Waals surface area (Å²) in [6.07, 6.45) is 2.80. The normalized spacial score (nSPS) is 22.1. The number of carbonyl (C=O) groups is 1. The number of nitrogen functional groups attached to an aromatic ring is 1. The van der Waals surface area contributed by atoms with Crippen LogP contribution in [0.15, 0.2) is 18.3 Å². The minimum absolute atomic E-state index is 0.0544. The lowest BCUT2D eigenvalue weighted by Crippen LogP contribution is -2.29. The van der Waals surface area contributed by atoms with Crippen molar-refractivity contribution in [3.63, 3.8) is 0 Å². The van der Waals surface area contributed by atoms with Crippen molar-refractivity contribution in [3.8, 4) is 0 Å². The van der Waals surface area contributed by atoms with Gasteiger partial charge in [0.15, 0.2) is 0 Å². The Labute approximate surface area is 101 Å². The third kappa shape index (κ3) is 2.74. The number of hydrogen-bond acceptors (Lipinski definition) is 4. The minimum atomic E-state index is -0.0544. The number of anilines is 1. The van der Waals surface area contributed by atoms with Gasteiger partial charge in [0.1, 0.15) is 5.69 Å². The first-order valence-electron chi connectivity index (χ1n) is 5.80. The minimum Gasteiger partial charge on any atom is -0.340 e. The van der Waals surface area contributed by atoms with Crippen molar-refractivity contribution < 1.29 is 4.79 Å². The molecule has 0 spiro atoms. The second kappa shape index (κ2) is 4.71. The molecular weight excluding hydrogens is 216 g/mol. The molecule has 0 aliphatic heterocycles. The predicted octanol–water partition coefficient (Wildman–Crippen LogP) is 1.10. The van der Waals surface area contributed by atoms with Crippen molar-refractivity contribution >= 4 is 11.6 Å². The SMILES string of the molecule is CC1CC1CN(C)C(=O)c1cc(NN)ccn1. The summed E-state index contributed by atoms with van der Waals surface area (Å²) in [7, 11) is 1.82. The van der Waals surface area contributed by atoms with Crippen LogP contribution in [0.3, 0.4) is 0 Å². The number of amides is 1. The maximum absolute atomic E-state index is 12.1. The van der Waals surface area contributed by atoms with Gasteiger partial charge in [-0.3, -0.25) is 15.6 Å². The number of hydrazine groups is 1. The van der Waals surface area contributed by atoms with Crippen LogP contribution in [0.2, 0.25) is 0 Å². The zero-order chi connectivity index (χ0) is 12.4. The van der Waals surface area contributed by atoms with E-state index in [4.69, 9.17) is 5.84 Å². The second-order valence-electron chi connectivity index (χ2n) is 4.73. The van der Waals surface area contributed by atoms with Crippen LogP contribution in [0.1, 0.15) is 23.8 Å². The summed E-state index contributed by atoms with van der Waals surface area (Å²) in [6.45, 7) is 3.02. The number of nitrogens with zero attached hydrogens (tertiary/aromatic N) is 2. The van der Waals surface area contributed by atoms with E-state index in [2.05, 4.69) is 17.3 Å². The Hall–Kier alpha value is -1.62. The smallest absolute Gasteiger partial charge is 0.272 e. The van der Waals surface area contributed by atoms with Gasteiger partial charge in [-0.15, -0.1) is 0 Å². The van der Waals surface area contributed by atoms with E-state index < -0.39 is 0 Å². The molecule has 1 aromatic rings. The van der Waals surface area contributed by atoms with Gasteiger partial charge in [0.2, 0.25) is 0 Å². The van der Waals surface area contributed by atoms with Gasteiger partial charge in [-0.2, -0.15) is 0 Å². The topological polar surface area (TPSA) is 71.2 Å².